The normalized spacial score (nSPS) is 10.2. The van der Waals surface area contributed by atoms with Crippen molar-refractivity contribution in [1.29, 1.82) is 0 Å². The van der Waals surface area contributed by atoms with Crippen molar-refractivity contribution in [1.82, 2.24) is 5.32 Å². The molecule has 0 fully saturated rings. The number of unbranched alkanes of at least 4 members (excludes halogenated alkanes) is 1. The Kier molecular flexibility index (Phi) is 7.80. The third-order valence-electron chi connectivity index (χ3n) is 2.72. The van der Waals surface area contributed by atoms with Gasteiger partial charge in [0.15, 0.2) is 0 Å². The SMILES string of the molecule is Cc1cccc(CSCC(=O)NCCCCC(=O)O)c1. The molecule has 0 aliphatic carbocycles. The average Bonchev–Trinajstić information content (AvgIpc) is 2.38. The van der Waals surface area contributed by atoms with E-state index in [2.05, 4.69) is 30.4 Å². The molecule has 4 nitrogen and oxygen atoms in total. The number of carbonyl (C=O) groups is 2. The van der Waals surface area contributed by atoms with Gasteiger partial charge in [0, 0.05) is 18.7 Å². The molecule has 0 aromatic heterocycles. The van der Waals surface area contributed by atoms with Crippen LogP contribution in [0.1, 0.15) is 30.4 Å². The predicted octanol–water partition coefficient (Wildman–Crippen LogP) is 2.60. The van der Waals surface area contributed by atoms with E-state index in [1.165, 1.54) is 11.1 Å². The number of benzene rings is 1. The summed E-state index contributed by atoms with van der Waals surface area (Å²) in [5.41, 5.74) is 2.45. The number of thioether (sulfide) groups is 1. The Morgan fingerprint density at radius 1 is 1.30 bits per heavy atom. The van der Waals surface area contributed by atoms with E-state index in [1.807, 2.05) is 6.07 Å². The fourth-order valence-electron chi connectivity index (χ4n) is 1.74. The van der Waals surface area contributed by atoms with Gasteiger partial charge < -0.3 is 10.4 Å². The number of aryl methyl sites for hydroxylation is 1. The van der Waals surface area contributed by atoms with Gasteiger partial charge in [-0.1, -0.05) is 29.8 Å². The van der Waals surface area contributed by atoms with Gasteiger partial charge in [-0.05, 0) is 25.3 Å². The quantitative estimate of drug-likeness (QED) is 0.687. The van der Waals surface area contributed by atoms with Crippen LogP contribution in [0.25, 0.3) is 0 Å². The van der Waals surface area contributed by atoms with Gasteiger partial charge in [0.05, 0.1) is 5.75 Å². The first kappa shape index (κ1) is 16.6. The van der Waals surface area contributed by atoms with Gasteiger partial charge >= 0.3 is 5.97 Å². The molecule has 0 heterocycles. The third-order valence-corrected chi connectivity index (χ3v) is 3.73. The van der Waals surface area contributed by atoms with Crippen LogP contribution in [0, 0.1) is 6.92 Å². The van der Waals surface area contributed by atoms with Crippen molar-refractivity contribution in [3.63, 3.8) is 0 Å². The van der Waals surface area contributed by atoms with Crippen LogP contribution in [-0.4, -0.2) is 29.3 Å². The van der Waals surface area contributed by atoms with Crippen molar-refractivity contribution in [3.05, 3.63) is 35.4 Å². The number of carboxylic acids is 1. The molecule has 20 heavy (non-hydrogen) atoms. The Balaban J connectivity index is 2.07. The summed E-state index contributed by atoms with van der Waals surface area (Å²) in [6.07, 6.45) is 1.48. The molecule has 1 aromatic carbocycles. The van der Waals surface area contributed by atoms with Gasteiger partial charge in [-0.15, -0.1) is 11.8 Å². The van der Waals surface area contributed by atoms with E-state index < -0.39 is 5.97 Å². The molecule has 0 unspecified atom stereocenters. The van der Waals surface area contributed by atoms with E-state index in [0.717, 1.165) is 5.75 Å². The van der Waals surface area contributed by atoms with Crippen LogP contribution in [0.15, 0.2) is 24.3 Å². The van der Waals surface area contributed by atoms with Crippen LogP contribution >= 0.6 is 11.8 Å². The Labute approximate surface area is 124 Å². The van der Waals surface area contributed by atoms with Gasteiger partial charge in [0.2, 0.25) is 5.91 Å². The van der Waals surface area contributed by atoms with Gasteiger partial charge in [-0.3, -0.25) is 9.59 Å². The summed E-state index contributed by atoms with van der Waals surface area (Å²) in [4.78, 5) is 21.9. The number of carbonyl (C=O) groups excluding carboxylic acids is 1. The van der Waals surface area contributed by atoms with E-state index in [0.29, 0.717) is 25.1 Å². The molecule has 1 rings (SSSR count). The Bertz CT molecular complexity index is 448. The number of carboxylic acid groups (broad SMARTS) is 1. The summed E-state index contributed by atoms with van der Waals surface area (Å²) in [5, 5.41) is 11.3. The standard InChI is InChI=1S/C15H21NO3S/c1-12-5-4-6-13(9-12)10-20-11-14(17)16-8-3-2-7-15(18)19/h4-6,9H,2-3,7-8,10-11H2,1H3,(H,16,17)(H,18,19). The van der Waals surface area contributed by atoms with Gasteiger partial charge in [0.1, 0.15) is 0 Å². The van der Waals surface area contributed by atoms with Crippen molar-refractivity contribution in [3.8, 4) is 0 Å². The van der Waals surface area contributed by atoms with Crippen LogP contribution in [0.4, 0.5) is 0 Å². The molecule has 0 aliphatic rings. The second kappa shape index (κ2) is 9.42. The van der Waals surface area contributed by atoms with E-state index in [1.54, 1.807) is 11.8 Å². The summed E-state index contributed by atoms with van der Waals surface area (Å²) in [6, 6.07) is 8.26. The lowest BCUT2D eigenvalue weighted by atomic mass is 10.2. The molecule has 0 aliphatic heterocycles. The van der Waals surface area contributed by atoms with Crippen molar-refractivity contribution in [2.24, 2.45) is 0 Å². The van der Waals surface area contributed by atoms with Crippen LogP contribution in [0.5, 0.6) is 0 Å². The van der Waals surface area contributed by atoms with Crippen LogP contribution in [0.3, 0.4) is 0 Å². The molecule has 0 spiro atoms. The van der Waals surface area contributed by atoms with Crippen molar-refractivity contribution >= 4 is 23.6 Å². The number of hydrogen-bond donors (Lipinski definition) is 2. The Hall–Kier alpha value is -1.49. The summed E-state index contributed by atoms with van der Waals surface area (Å²) in [6.45, 7) is 2.61. The number of nitrogens with one attached hydrogen (secondary N) is 1. The topological polar surface area (TPSA) is 66.4 Å². The largest absolute Gasteiger partial charge is 0.481 e. The highest BCUT2D eigenvalue weighted by molar-refractivity contribution is 7.99. The lowest BCUT2D eigenvalue weighted by molar-refractivity contribution is -0.137. The molecule has 0 saturated carbocycles. The predicted molar refractivity (Wildman–Crippen MR) is 81.8 cm³/mol. The van der Waals surface area contributed by atoms with Crippen molar-refractivity contribution in [2.75, 3.05) is 12.3 Å². The van der Waals surface area contributed by atoms with Crippen LogP contribution < -0.4 is 5.32 Å². The number of aliphatic carboxylic acids is 1. The second-order valence-electron chi connectivity index (χ2n) is 4.68. The van der Waals surface area contributed by atoms with Gasteiger partial charge in [-0.2, -0.15) is 0 Å². The van der Waals surface area contributed by atoms with E-state index in [4.69, 9.17) is 5.11 Å². The zero-order valence-corrected chi connectivity index (χ0v) is 12.5. The molecule has 1 amide bonds. The number of amides is 1. The summed E-state index contributed by atoms with van der Waals surface area (Å²) in [5.74, 6) is 0.490. The zero-order valence-electron chi connectivity index (χ0n) is 11.7. The summed E-state index contributed by atoms with van der Waals surface area (Å²) < 4.78 is 0. The number of hydrogen-bond acceptors (Lipinski definition) is 3. The maximum Gasteiger partial charge on any atom is 0.303 e. The van der Waals surface area contributed by atoms with E-state index in [9.17, 15) is 9.59 Å². The average molecular weight is 295 g/mol. The highest BCUT2D eigenvalue weighted by Gasteiger charge is 2.02. The minimum Gasteiger partial charge on any atom is -0.481 e. The Morgan fingerprint density at radius 3 is 2.80 bits per heavy atom. The maximum absolute atomic E-state index is 11.5. The first-order chi connectivity index (χ1) is 9.58. The molecule has 110 valence electrons. The fraction of sp³-hybridized carbons (Fsp3) is 0.467. The zero-order chi connectivity index (χ0) is 14.8. The first-order valence-corrected chi connectivity index (χ1v) is 7.85. The highest BCUT2D eigenvalue weighted by atomic mass is 32.2. The smallest absolute Gasteiger partial charge is 0.303 e. The van der Waals surface area contributed by atoms with Gasteiger partial charge in [-0.25, -0.2) is 0 Å². The third kappa shape index (κ3) is 7.84. The lowest BCUT2D eigenvalue weighted by Gasteiger charge is -2.05. The molecule has 0 atom stereocenters. The minimum absolute atomic E-state index is 0.0120. The second-order valence-corrected chi connectivity index (χ2v) is 5.67. The van der Waals surface area contributed by atoms with Gasteiger partial charge in [0.25, 0.3) is 0 Å². The van der Waals surface area contributed by atoms with Crippen molar-refractivity contribution < 1.29 is 14.7 Å². The molecular formula is C15H21NO3S. The highest BCUT2D eigenvalue weighted by Crippen LogP contribution is 2.13. The number of rotatable bonds is 9. The van der Waals surface area contributed by atoms with Crippen molar-refractivity contribution in [2.45, 2.75) is 31.9 Å². The Morgan fingerprint density at radius 2 is 2.10 bits per heavy atom. The van der Waals surface area contributed by atoms with E-state index in [-0.39, 0.29) is 12.3 Å². The minimum atomic E-state index is -0.787. The fourth-order valence-corrected chi connectivity index (χ4v) is 2.55. The maximum atomic E-state index is 11.5. The molecule has 2 N–H and O–H groups in total. The molecular weight excluding hydrogens is 274 g/mol. The van der Waals surface area contributed by atoms with E-state index >= 15 is 0 Å². The van der Waals surface area contributed by atoms with Crippen LogP contribution in [0.2, 0.25) is 0 Å². The van der Waals surface area contributed by atoms with Crippen LogP contribution in [-0.2, 0) is 15.3 Å². The first-order valence-electron chi connectivity index (χ1n) is 6.69. The monoisotopic (exact) mass is 295 g/mol. The lowest BCUT2D eigenvalue weighted by Crippen LogP contribution is -2.26. The summed E-state index contributed by atoms with van der Waals surface area (Å²) in [7, 11) is 0. The molecule has 5 heteroatoms. The molecule has 0 radical (unpaired) electrons. The molecule has 0 bridgehead atoms. The summed E-state index contributed by atoms with van der Waals surface area (Å²) >= 11 is 1.59. The molecule has 1 aromatic rings. The molecule has 0 saturated heterocycles.